The number of rotatable bonds is 7. The van der Waals surface area contributed by atoms with Crippen LogP contribution >= 0.6 is 0 Å². The first-order valence-corrected chi connectivity index (χ1v) is 10.1. The van der Waals surface area contributed by atoms with E-state index in [9.17, 15) is 14.0 Å². The number of imide groups is 1. The molecular formula is C21H26FN5O3. The number of halogens is 1. The van der Waals surface area contributed by atoms with E-state index in [1.54, 1.807) is 19.2 Å². The van der Waals surface area contributed by atoms with Crippen LogP contribution in [0.25, 0.3) is 0 Å². The van der Waals surface area contributed by atoms with Gasteiger partial charge in [-0.05, 0) is 38.0 Å². The number of likely N-dealkylation sites (N-methyl/N-ethyl adjacent to an activating group) is 1. The molecule has 0 aliphatic carbocycles. The van der Waals surface area contributed by atoms with Crippen molar-refractivity contribution in [2.24, 2.45) is 4.99 Å². The largest absolute Gasteiger partial charge is 0.382 e. The smallest absolute Gasteiger partial charge is 0.328 e. The molecule has 8 nitrogen and oxygen atoms in total. The highest BCUT2D eigenvalue weighted by Crippen LogP contribution is 2.34. The maximum atomic E-state index is 13.3. The maximum absolute atomic E-state index is 13.3. The van der Waals surface area contributed by atoms with Gasteiger partial charge >= 0.3 is 6.03 Å². The van der Waals surface area contributed by atoms with Gasteiger partial charge in [0.05, 0.1) is 6.54 Å². The van der Waals surface area contributed by atoms with Gasteiger partial charge in [-0.3, -0.25) is 9.69 Å². The molecule has 1 fully saturated rings. The number of hydrogen-bond acceptors (Lipinski definition) is 6. The van der Waals surface area contributed by atoms with Crippen molar-refractivity contribution < 1.29 is 18.7 Å². The third-order valence-electron chi connectivity index (χ3n) is 5.63. The van der Waals surface area contributed by atoms with Gasteiger partial charge in [-0.2, -0.15) is 0 Å². The third kappa shape index (κ3) is 3.43. The van der Waals surface area contributed by atoms with Gasteiger partial charge in [0.25, 0.3) is 5.91 Å². The van der Waals surface area contributed by atoms with Crippen LogP contribution in [0, 0.1) is 5.82 Å². The first kappa shape index (κ1) is 20.3. The molecule has 3 aliphatic rings. The Morgan fingerprint density at radius 2 is 1.90 bits per heavy atom. The van der Waals surface area contributed by atoms with Gasteiger partial charge in [-0.15, -0.1) is 0 Å². The minimum Gasteiger partial charge on any atom is -0.382 e. The molecule has 0 bridgehead atoms. The summed E-state index contributed by atoms with van der Waals surface area (Å²) in [6.45, 7) is 6.10. The zero-order valence-electron chi connectivity index (χ0n) is 17.4. The van der Waals surface area contributed by atoms with E-state index >= 15 is 0 Å². The number of guanidine groups is 1. The first-order valence-electron chi connectivity index (χ1n) is 10.1. The van der Waals surface area contributed by atoms with Gasteiger partial charge in [-0.1, -0.05) is 12.1 Å². The quantitative estimate of drug-likeness (QED) is 0.639. The van der Waals surface area contributed by atoms with Crippen molar-refractivity contribution in [2.75, 3.05) is 26.8 Å². The number of benzene rings is 1. The molecule has 9 heteroatoms. The topological polar surface area (TPSA) is 68.7 Å². The minimum absolute atomic E-state index is 0.0927. The van der Waals surface area contributed by atoms with E-state index in [1.807, 2.05) is 24.9 Å². The molecule has 4 rings (SSSR count). The lowest BCUT2D eigenvalue weighted by Gasteiger charge is -2.40. The van der Waals surface area contributed by atoms with E-state index in [0.29, 0.717) is 24.7 Å². The summed E-state index contributed by atoms with van der Waals surface area (Å²) >= 11 is 0. The fourth-order valence-electron chi connectivity index (χ4n) is 4.07. The van der Waals surface area contributed by atoms with Crippen molar-refractivity contribution in [3.8, 4) is 0 Å². The summed E-state index contributed by atoms with van der Waals surface area (Å²) in [5.74, 6) is 0.0326. The van der Waals surface area contributed by atoms with Gasteiger partial charge < -0.3 is 19.4 Å². The summed E-state index contributed by atoms with van der Waals surface area (Å²) in [4.78, 5) is 37.6. The normalized spacial score (nSPS) is 23.1. The van der Waals surface area contributed by atoms with E-state index in [4.69, 9.17) is 9.73 Å². The monoisotopic (exact) mass is 415 g/mol. The molecule has 0 radical (unpaired) electrons. The van der Waals surface area contributed by atoms with E-state index < -0.39 is 18.2 Å². The van der Waals surface area contributed by atoms with Gasteiger partial charge in [0.15, 0.2) is 12.2 Å². The number of amides is 3. The molecule has 1 aromatic carbocycles. The molecule has 3 amide bonds. The summed E-state index contributed by atoms with van der Waals surface area (Å²) in [7, 11) is 1.66. The van der Waals surface area contributed by atoms with Crippen LogP contribution in [-0.4, -0.2) is 76.5 Å². The molecule has 0 spiro atoms. The molecule has 0 N–H and O–H groups in total. The van der Waals surface area contributed by atoms with Gasteiger partial charge in [0, 0.05) is 38.7 Å². The number of hydrogen-bond donors (Lipinski definition) is 0. The maximum Gasteiger partial charge on any atom is 0.328 e. The molecule has 160 valence electrons. The standard InChI is InChI=1S/C21H26FN5O3/c1-4-30-11-5-10-25-14(2)12-26-17-18(23-20(25)26)24(3)21(29)27(19(17)28)13-15-6-8-16(22)9-7-15/h6-9,12,17-18H,4-5,10-11,13H2,1-3H3. The van der Waals surface area contributed by atoms with Crippen LogP contribution in [0.2, 0.25) is 0 Å². The number of fused-ring (bicyclic) bond motifs is 3. The molecule has 0 aromatic heterocycles. The molecule has 30 heavy (non-hydrogen) atoms. The van der Waals surface area contributed by atoms with Crippen LogP contribution in [0.1, 0.15) is 25.8 Å². The molecule has 3 heterocycles. The molecular weight excluding hydrogens is 389 g/mol. The summed E-state index contributed by atoms with van der Waals surface area (Å²) in [5.41, 5.74) is 1.69. The zero-order valence-corrected chi connectivity index (χ0v) is 17.4. The van der Waals surface area contributed by atoms with Gasteiger partial charge in [-0.25, -0.2) is 14.2 Å². The van der Waals surface area contributed by atoms with Crippen molar-refractivity contribution >= 4 is 17.9 Å². The van der Waals surface area contributed by atoms with Crippen LogP contribution in [-0.2, 0) is 16.1 Å². The first-order chi connectivity index (χ1) is 14.4. The summed E-state index contributed by atoms with van der Waals surface area (Å²) in [5, 5.41) is 0. The Balaban J connectivity index is 1.53. The lowest BCUT2D eigenvalue weighted by Crippen LogP contribution is -2.63. The number of aliphatic imine (C=N–C) groups is 1. The summed E-state index contributed by atoms with van der Waals surface area (Å²) < 4.78 is 18.6. The number of nitrogens with zero attached hydrogens (tertiary/aromatic N) is 5. The second-order valence-corrected chi connectivity index (χ2v) is 7.61. The summed E-state index contributed by atoms with van der Waals surface area (Å²) in [6, 6.07) is 4.81. The molecule has 0 saturated carbocycles. The fourth-order valence-corrected chi connectivity index (χ4v) is 4.07. The number of allylic oxidation sites excluding steroid dienone is 1. The Labute approximate surface area is 175 Å². The van der Waals surface area contributed by atoms with Crippen molar-refractivity contribution in [1.82, 2.24) is 19.6 Å². The SMILES string of the molecule is CCOCCCN1C(C)=CN2C1=NC1C2C(=O)N(Cc2ccc(F)cc2)C(=O)N1C. The van der Waals surface area contributed by atoms with Crippen molar-refractivity contribution in [3.05, 3.63) is 47.5 Å². The number of carbonyl (C=O) groups is 2. The predicted octanol–water partition coefficient (Wildman–Crippen LogP) is 2.19. The predicted molar refractivity (Wildman–Crippen MR) is 109 cm³/mol. The van der Waals surface area contributed by atoms with E-state index in [-0.39, 0.29) is 18.3 Å². The third-order valence-corrected chi connectivity index (χ3v) is 5.63. The number of ether oxygens (including phenoxy) is 1. The highest BCUT2D eigenvalue weighted by molar-refractivity contribution is 6.04. The van der Waals surface area contributed by atoms with Crippen molar-refractivity contribution in [1.29, 1.82) is 0 Å². The van der Waals surface area contributed by atoms with Gasteiger partial charge in [0.2, 0.25) is 5.96 Å². The fraction of sp³-hybridized carbons (Fsp3) is 0.476. The average molecular weight is 415 g/mol. The van der Waals surface area contributed by atoms with Crippen LogP contribution in [0.4, 0.5) is 9.18 Å². The molecule has 1 saturated heterocycles. The minimum atomic E-state index is -0.602. The number of carbonyl (C=O) groups excluding carboxylic acids is 2. The van der Waals surface area contributed by atoms with Crippen LogP contribution < -0.4 is 0 Å². The number of urea groups is 1. The highest BCUT2D eigenvalue weighted by atomic mass is 19.1. The van der Waals surface area contributed by atoms with Crippen molar-refractivity contribution in [3.63, 3.8) is 0 Å². The van der Waals surface area contributed by atoms with Gasteiger partial charge in [0.1, 0.15) is 5.82 Å². The molecule has 3 aliphatic heterocycles. The Hall–Kier alpha value is -2.94. The van der Waals surface area contributed by atoms with E-state index in [2.05, 4.69) is 4.90 Å². The van der Waals surface area contributed by atoms with Crippen molar-refractivity contribution in [2.45, 2.75) is 39.0 Å². The summed E-state index contributed by atoms with van der Waals surface area (Å²) in [6.07, 6.45) is 2.19. The Kier molecular flexibility index (Phi) is 5.46. The van der Waals surface area contributed by atoms with Crippen LogP contribution in [0.5, 0.6) is 0 Å². The van der Waals surface area contributed by atoms with E-state index in [0.717, 1.165) is 18.7 Å². The highest BCUT2D eigenvalue weighted by Gasteiger charge is 2.54. The molecule has 2 atom stereocenters. The van der Waals surface area contributed by atoms with Crippen LogP contribution in [0.3, 0.4) is 0 Å². The second-order valence-electron chi connectivity index (χ2n) is 7.61. The lowest BCUT2D eigenvalue weighted by atomic mass is 10.1. The molecule has 2 unspecified atom stereocenters. The van der Waals surface area contributed by atoms with E-state index in [1.165, 1.54) is 21.9 Å². The zero-order chi connectivity index (χ0) is 21.4. The Morgan fingerprint density at radius 1 is 1.17 bits per heavy atom. The average Bonchev–Trinajstić information content (AvgIpc) is 3.24. The molecule has 1 aromatic rings. The lowest BCUT2D eigenvalue weighted by molar-refractivity contribution is -0.137. The Morgan fingerprint density at radius 3 is 2.60 bits per heavy atom. The second kappa shape index (κ2) is 8.06. The van der Waals surface area contributed by atoms with Crippen LogP contribution in [0.15, 0.2) is 41.2 Å². The Bertz CT molecular complexity index is 900.